The molecule has 1 rings (SSSR count). The molecule has 0 aliphatic carbocycles. The molecule has 1 aromatic rings. The van der Waals surface area contributed by atoms with E-state index in [-0.39, 0.29) is 6.54 Å². The zero-order chi connectivity index (χ0) is 13.5. The number of rotatable bonds is 7. The molecule has 1 aromatic heterocycles. The van der Waals surface area contributed by atoms with Gasteiger partial charge in [-0.1, -0.05) is 11.6 Å². The third-order valence-corrected chi connectivity index (χ3v) is 2.45. The topological polar surface area (TPSA) is 73.3 Å². The standard InChI is InChI=1S/C10H14ClFN2O4/c1-17-5-6-18-4-2-3-14-9(15)7(12)8(11)13-10(14)16/h2-6H2,1H3,(H,13,16). The van der Waals surface area contributed by atoms with Crippen molar-refractivity contribution in [3.63, 3.8) is 0 Å². The quantitative estimate of drug-likeness (QED) is 0.579. The molecule has 102 valence electrons. The van der Waals surface area contributed by atoms with Gasteiger partial charge in [0.05, 0.1) is 13.2 Å². The number of ether oxygens (including phenoxy) is 2. The summed E-state index contributed by atoms with van der Waals surface area (Å²) >= 11 is 5.33. The fourth-order valence-electron chi connectivity index (χ4n) is 1.29. The summed E-state index contributed by atoms with van der Waals surface area (Å²) in [6, 6.07) is 0. The number of methoxy groups -OCH3 is 1. The van der Waals surface area contributed by atoms with Crippen LogP contribution in [-0.4, -0.2) is 36.5 Å². The van der Waals surface area contributed by atoms with Gasteiger partial charge < -0.3 is 9.47 Å². The van der Waals surface area contributed by atoms with E-state index in [9.17, 15) is 14.0 Å². The Balaban J connectivity index is 2.56. The molecule has 0 unspecified atom stereocenters. The van der Waals surface area contributed by atoms with Gasteiger partial charge in [-0.3, -0.25) is 14.3 Å². The summed E-state index contributed by atoms with van der Waals surface area (Å²) in [7, 11) is 1.55. The van der Waals surface area contributed by atoms with E-state index >= 15 is 0 Å². The molecule has 0 saturated heterocycles. The number of nitrogens with zero attached hydrogens (tertiary/aromatic N) is 1. The number of aromatic nitrogens is 2. The van der Waals surface area contributed by atoms with E-state index in [4.69, 9.17) is 21.1 Å². The molecule has 0 amide bonds. The van der Waals surface area contributed by atoms with Crippen LogP contribution in [0.25, 0.3) is 0 Å². The second-order valence-corrected chi connectivity index (χ2v) is 3.85. The molecule has 0 atom stereocenters. The highest BCUT2D eigenvalue weighted by Gasteiger charge is 2.11. The Morgan fingerprint density at radius 2 is 2.06 bits per heavy atom. The first-order valence-electron chi connectivity index (χ1n) is 5.32. The average Bonchev–Trinajstić information content (AvgIpc) is 2.34. The van der Waals surface area contributed by atoms with Gasteiger partial charge in [-0.15, -0.1) is 0 Å². The van der Waals surface area contributed by atoms with Gasteiger partial charge in [0.25, 0.3) is 5.56 Å². The van der Waals surface area contributed by atoms with Crippen molar-refractivity contribution in [1.29, 1.82) is 0 Å². The highest BCUT2D eigenvalue weighted by molar-refractivity contribution is 6.29. The van der Waals surface area contributed by atoms with Gasteiger partial charge in [-0.05, 0) is 6.42 Å². The van der Waals surface area contributed by atoms with Crippen LogP contribution in [0.15, 0.2) is 9.59 Å². The van der Waals surface area contributed by atoms with Crippen LogP contribution in [0.5, 0.6) is 0 Å². The van der Waals surface area contributed by atoms with Gasteiger partial charge in [0.15, 0.2) is 5.15 Å². The lowest BCUT2D eigenvalue weighted by molar-refractivity contribution is 0.0678. The molecular formula is C10H14ClFN2O4. The lowest BCUT2D eigenvalue weighted by Crippen LogP contribution is -2.37. The Labute approximate surface area is 107 Å². The van der Waals surface area contributed by atoms with E-state index in [1.165, 1.54) is 0 Å². The van der Waals surface area contributed by atoms with Crippen molar-refractivity contribution in [3.8, 4) is 0 Å². The summed E-state index contributed by atoms with van der Waals surface area (Å²) in [5.74, 6) is -1.16. The zero-order valence-electron chi connectivity index (χ0n) is 9.87. The summed E-state index contributed by atoms with van der Waals surface area (Å²) in [6.07, 6.45) is 0.410. The summed E-state index contributed by atoms with van der Waals surface area (Å²) in [4.78, 5) is 24.8. The molecule has 0 radical (unpaired) electrons. The molecule has 0 aromatic carbocycles. The van der Waals surface area contributed by atoms with Crippen LogP contribution in [0.4, 0.5) is 4.39 Å². The Morgan fingerprint density at radius 3 is 2.72 bits per heavy atom. The maximum atomic E-state index is 13.2. The van der Waals surface area contributed by atoms with E-state index in [1.54, 1.807) is 7.11 Å². The normalized spacial score (nSPS) is 10.8. The first-order valence-corrected chi connectivity index (χ1v) is 5.70. The number of aromatic amines is 1. The fourth-order valence-corrected chi connectivity index (χ4v) is 1.45. The Kier molecular flexibility index (Phi) is 6.03. The van der Waals surface area contributed by atoms with Crippen molar-refractivity contribution < 1.29 is 13.9 Å². The molecule has 6 nitrogen and oxygen atoms in total. The summed E-state index contributed by atoms with van der Waals surface area (Å²) in [5.41, 5.74) is -1.76. The molecular weight excluding hydrogens is 267 g/mol. The van der Waals surface area contributed by atoms with E-state index < -0.39 is 22.2 Å². The average molecular weight is 281 g/mol. The lowest BCUT2D eigenvalue weighted by atomic mass is 10.4. The Hall–Kier alpha value is -1.18. The molecule has 18 heavy (non-hydrogen) atoms. The van der Waals surface area contributed by atoms with Crippen molar-refractivity contribution in [2.45, 2.75) is 13.0 Å². The van der Waals surface area contributed by atoms with E-state index in [2.05, 4.69) is 0 Å². The molecule has 0 bridgehead atoms. The van der Waals surface area contributed by atoms with Crippen LogP contribution in [0, 0.1) is 5.82 Å². The van der Waals surface area contributed by atoms with E-state index in [0.29, 0.717) is 26.2 Å². The van der Waals surface area contributed by atoms with Gasteiger partial charge in [0, 0.05) is 20.3 Å². The van der Waals surface area contributed by atoms with E-state index in [0.717, 1.165) is 4.57 Å². The van der Waals surface area contributed by atoms with Crippen LogP contribution < -0.4 is 11.2 Å². The first-order chi connectivity index (χ1) is 8.57. The molecule has 8 heteroatoms. The number of nitrogens with one attached hydrogen (secondary N) is 1. The van der Waals surface area contributed by atoms with E-state index in [1.807, 2.05) is 4.98 Å². The Morgan fingerprint density at radius 1 is 1.33 bits per heavy atom. The van der Waals surface area contributed by atoms with Crippen molar-refractivity contribution in [1.82, 2.24) is 9.55 Å². The van der Waals surface area contributed by atoms with Crippen molar-refractivity contribution >= 4 is 11.6 Å². The highest BCUT2D eigenvalue weighted by atomic mass is 35.5. The smallest absolute Gasteiger partial charge is 0.329 e. The highest BCUT2D eigenvalue weighted by Crippen LogP contribution is 2.02. The predicted molar refractivity (Wildman–Crippen MR) is 63.6 cm³/mol. The monoisotopic (exact) mass is 280 g/mol. The number of hydrogen-bond acceptors (Lipinski definition) is 4. The Bertz CT molecular complexity index is 500. The molecule has 0 saturated carbocycles. The van der Waals surface area contributed by atoms with Crippen LogP contribution in [-0.2, 0) is 16.0 Å². The SMILES string of the molecule is COCCOCCCn1c(=O)[nH]c(Cl)c(F)c1=O. The molecule has 0 spiro atoms. The largest absolute Gasteiger partial charge is 0.382 e. The third-order valence-electron chi connectivity index (χ3n) is 2.19. The lowest BCUT2D eigenvalue weighted by Gasteiger charge is -2.06. The maximum absolute atomic E-state index is 13.2. The molecule has 1 heterocycles. The number of halogens is 2. The van der Waals surface area contributed by atoms with Crippen LogP contribution in [0.1, 0.15) is 6.42 Å². The third kappa shape index (κ3) is 3.94. The summed E-state index contributed by atoms with van der Waals surface area (Å²) in [6.45, 7) is 1.31. The second kappa shape index (κ2) is 7.30. The maximum Gasteiger partial charge on any atom is 0.329 e. The summed E-state index contributed by atoms with van der Waals surface area (Å²) < 4.78 is 23.8. The van der Waals surface area contributed by atoms with Crippen LogP contribution in [0.2, 0.25) is 5.15 Å². The van der Waals surface area contributed by atoms with Crippen molar-refractivity contribution in [2.75, 3.05) is 26.9 Å². The van der Waals surface area contributed by atoms with Crippen molar-refractivity contribution in [3.05, 3.63) is 31.8 Å². The van der Waals surface area contributed by atoms with Gasteiger partial charge >= 0.3 is 5.69 Å². The molecule has 1 N–H and O–H groups in total. The minimum Gasteiger partial charge on any atom is -0.382 e. The van der Waals surface area contributed by atoms with Gasteiger partial charge in [-0.2, -0.15) is 4.39 Å². The molecule has 0 fully saturated rings. The zero-order valence-corrected chi connectivity index (χ0v) is 10.6. The molecule has 0 aliphatic heterocycles. The van der Waals surface area contributed by atoms with Gasteiger partial charge in [-0.25, -0.2) is 4.79 Å². The molecule has 0 aliphatic rings. The van der Waals surface area contributed by atoms with Crippen LogP contribution >= 0.6 is 11.6 Å². The minimum atomic E-state index is -1.16. The van der Waals surface area contributed by atoms with Gasteiger partial charge in [0.2, 0.25) is 5.82 Å². The number of H-pyrrole nitrogens is 1. The summed E-state index contributed by atoms with van der Waals surface area (Å²) in [5, 5.41) is -0.572. The predicted octanol–water partition coefficient (Wildman–Crippen LogP) is 0.382. The minimum absolute atomic E-state index is 0.0647. The van der Waals surface area contributed by atoms with Crippen LogP contribution in [0.3, 0.4) is 0 Å². The first kappa shape index (κ1) is 14.9. The number of hydrogen-bond donors (Lipinski definition) is 1. The second-order valence-electron chi connectivity index (χ2n) is 3.47. The van der Waals surface area contributed by atoms with Crippen molar-refractivity contribution in [2.24, 2.45) is 0 Å². The van der Waals surface area contributed by atoms with Gasteiger partial charge in [0.1, 0.15) is 0 Å². The fraction of sp³-hybridized carbons (Fsp3) is 0.600.